The van der Waals surface area contributed by atoms with Gasteiger partial charge in [-0.25, -0.2) is 4.39 Å². The molecular formula is C15H22FN3O2. The lowest BCUT2D eigenvalue weighted by Gasteiger charge is -2.36. The minimum Gasteiger partial charge on any atom is -0.494 e. The van der Waals surface area contributed by atoms with Crippen molar-refractivity contribution in [3.8, 4) is 5.75 Å². The topological polar surface area (TPSA) is 44.8 Å². The molecule has 0 bridgehead atoms. The van der Waals surface area contributed by atoms with Crippen molar-refractivity contribution in [3.63, 3.8) is 0 Å². The van der Waals surface area contributed by atoms with Gasteiger partial charge in [-0.1, -0.05) is 12.1 Å². The second-order valence-electron chi connectivity index (χ2n) is 5.36. The summed E-state index contributed by atoms with van der Waals surface area (Å²) in [7, 11) is 4.92. The third-order valence-electron chi connectivity index (χ3n) is 3.72. The van der Waals surface area contributed by atoms with Gasteiger partial charge in [0.05, 0.1) is 7.11 Å². The predicted molar refractivity (Wildman–Crippen MR) is 78.7 cm³/mol. The first-order chi connectivity index (χ1) is 10.0. The Labute approximate surface area is 124 Å². The van der Waals surface area contributed by atoms with Crippen LogP contribution < -0.4 is 10.1 Å². The van der Waals surface area contributed by atoms with E-state index in [4.69, 9.17) is 4.74 Å². The molecule has 116 valence electrons. The number of amides is 1. The van der Waals surface area contributed by atoms with Crippen molar-refractivity contribution in [2.24, 2.45) is 0 Å². The van der Waals surface area contributed by atoms with Gasteiger partial charge in [0.15, 0.2) is 11.6 Å². The Hall–Kier alpha value is -1.66. The number of nitrogens with zero attached hydrogens (tertiary/aromatic N) is 2. The zero-order valence-corrected chi connectivity index (χ0v) is 12.7. The van der Waals surface area contributed by atoms with Crippen LogP contribution in [-0.2, 0) is 11.3 Å². The molecule has 1 atom stereocenters. The molecule has 1 N–H and O–H groups in total. The SMILES string of the molecule is COc1cccc(CN2CCNCC2C(=O)N(C)C)c1F. The number of carbonyl (C=O) groups excluding carboxylic acids is 1. The summed E-state index contributed by atoms with van der Waals surface area (Å²) in [5.41, 5.74) is 0.549. The number of likely N-dealkylation sites (N-methyl/N-ethyl adjacent to an activating group) is 1. The second kappa shape index (κ2) is 6.87. The minimum absolute atomic E-state index is 0.0329. The first-order valence-corrected chi connectivity index (χ1v) is 7.02. The summed E-state index contributed by atoms with van der Waals surface area (Å²) in [6, 6.07) is 4.83. The van der Waals surface area contributed by atoms with Crippen LogP contribution in [0.4, 0.5) is 4.39 Å². The number of benzene rings is 1. The fourth-order valence-corrected chi connectivity index (χ4v) is 2.53. The van der Waals surface area contributed by atoms with Crippen molar-refractivity contribution in [2.45, 2.75) is 12.6 Å². The van der Waals surface area contributed by atoms with Crippen LogP contribution >= 0.6 is 0 Å². The third-order valence-corrected chi connectivity index (χ3v) is 3.72. The molecule has 0 saturated carbocycles. The highest BCUT2D eigenvalue weighted by molar-refractivity contribution is 5.81. The van der Waals surface area contributed by atoms with Crippen LogP contribution in [0.15, 0.2) is 18.2 Å². The molecule has 0 spiro atoms. The van der Waals surface area contributed by atoms with Crippen LogP contribution in [0.1, 0.15) is 5.56 Å². The van der Waals surface area contributed by atoms with Crippen molar-refractivity contribution in [1.29, 1.82) is 0 Å². The van der Waals surface area contributed by atoms with E-state index in [0.29, 0.717) is 25.2 Å². The smallest absolute Gasteiger partial charge is 0.240 e. The van der Waals surface area contributed by atoms with Gasteiger partial charge in [-0.05, 0) is 6.07 Å². The molecule has 1 fully saturated rings. The highest BCUT2D eigenvalue weighted by atomic mass is 19.1. The number of carbonyl (C=O) groups is 1. The van der Waals surface area contributed by atoms with Gasteiger partial charge < -0.3 is 15.0 Å². The molecule has 1 aliphatic heterocycles. The number of ether oxygens (including phenoxy) is 1. The number of piperazine rings is 1. The molecule has 5 nitrogen and oxygen atoms in total. The monoisotopic (exact) mass is 295 g/mol. The highest BCUT2D eigenvalue weighted by Crippen LogP contribution is 2.22. The fourth-order valence-electron chi connectivity index (χ4n) is 2.53. The lowest BCUT2D eigenvalue weighted by atomic mass is 10.1. The maximum absolute atomic E-state index is 14.3. The van der Waals surface area contributed by atoms with Gasteiger partial charge in [-0.3, -0.25) is 9.69 Å². The molecule has 0 aromatic heterocycles. The number of hydrogen-bond donors (Lipinski definition) is 1. The molecule has 1 aromatic carbocycles. The molecule has 1 heterocycles. The van der Waals surface area contributed by atoms with E-state index in [2.05, 4.69) is 5.32 Å². The molecule has 2 rings (SSSR count). The summed E-state index contributed by atoms with van der Waals surface area (Å²) in [5.74, 6) is -0.0850. The first kappa shape index (κ1) is 15.7. The lowest BCUT2D eigenvalue weighted by molar-refractivity contribution is -0.135. The molecule has 0 aliphatic carbocycles. The van der Waals surface area contributed by atoms with E-state index in [1.54, 1.807) is 37.2 Å². The largest absolute Gasteiger partial charge is 0.494 e. The van der Waals surface area contributed by atoms with Gasteiger partial charge in [0.2, 0.25) is 5.91 Å². The van der Waals surface area contributed by atoms with Crippen LogP contribution in [0.5, 0.6) is 5.75 Å². The first-order valence-electron chi connectivity index (χ1n) is 7.02. The average Bonchev–Trinajstić information content (AvgIpc) is 2.49. The van der Waals surface area contributed by atoms with E-state index < -0.39 is 0 Å². The van der Waals surface area contributed by atoms with Gasteiger partial charge in [0, 0.05) is 45.8 Å². The molecule has 1 unspecified atom stereocenters. The number of halogens is 1. The Morgan fingerprint density at radius 3 is 2.95 bits per heavy atom. The van der Waals surface area contributed by atoms with E-state index in [0.717, 1.165) is 6.54 Å². The van der Waals surface area contributed by atoms with Crippen LogP contribution in [0.3, 0.4) is 0 Å². The molecule has 0 radical (unpaired) electrons. The summed E-state index contributed by atoms with van der Waals surface area (Å²) >= 11 is 0. The van der Waals surface area contributed by atoms with Crippen molar-refractivity contribution in [2.75, 3.05) is 40.8 Å². The summed E-state index contributed by atoms with van der Waals surface area (Å²) in [6.45, 7) is 2.49. The summed E-state index contributed by atoms with van der Waals surface area (Å²) in [5, 5.41) is 3.22. The molecule has 1 amide bonds. The van der Waals surface area contributed by atoms with Gasteiger partial charge in [-0.2, -0.15) is 0 Å². The van der Waals surface area contributed by atoms with Gasteiger partial charge in [-0.15, -0.1) is 0 Å². The number of nitrogens with one attached hydrogen (secondary N) is 1. The van der Waals surface area contributed by atoms with E-state index in [-0.39, 0.29) is 23.5 Å². The van der Waals surface area contributed by atoms with E-state index in [9.17, 15) is 9.18 Å². The average molecular weight is 295 g/mol. The molecule has 6 heteroatoms. The van der Waals surface area contributed by atoms with Crippen molar-refractivity contribution < 1.29 is 13.9 Å². The molecular weight excluding hydrogens is 273 g/mol. The quantitative estimate of drug-likeness (QED) is 0.888. The highest BCUT2D eigenvalue weighted by Gasteiger charge is 2.30. The minimum atomic E-state index is -0.352. The van der Waals surface area contributed by atoms with Crippen LogP contribution in [0.25, 0.3) is 0 Å². The number of rotatable bonds is 4. The lowest BCUT2D eigenvalue weighted by Crippen LogP contribution is -2.57. The number of methoxy groups -OCH3 is 1. The van der Waals surface area contributed by atoms with E-state index in [1.165, 1.54) is 7.11 Å². The Balaban J connectivity index is 2.18. The fraction of sp³-hybridized carbons (Fsp3) is 0.533. The standard InChI is InChI=1S/C15H22FN3O2/c1-18(2)15(20)12-9-17-7-8-19(12)10-11-5-4-6-13(21-3)14(11)16/h4-6,12,17H,7-10H2,1-3H3. The summed E-state index contributed by atoms with van der Waals surface area (Å²) in [4.78, 5) is 15.8. The normalized spacial score (nSPS) is 19.3. The number of hydrogen-bond acceptors (Lipinski definition) is 4. The maximum atomic E-state index is 14.3. The summed E-state index contributed by atoms with van der Waals surface area (Å²) < 4.78 is 19.3. The van der Waals surface area contributed by atoms with Gasteiger partial charge in [0.1, 0.15) is 6.04 Å². The molecule has 1 saturated heterocycles. The van der Waals surface area contributed by atoms with E-state index in [1.807, 2.05) is 4.90 Å². The zero-order chi connectivity index (χ0) is 15.4. The van der Waals surface area contributed by atoms with Crippen molar-refractivity contribution in [1.82, 2.24) is 15.1 Å². The van der Waals surface area contributed by atoms with Gasteiger partial charge in [0.25, 0.3) is 0 Å². The zero-order valence-electron chi connectivity index (χ0n) is 12.7. The van der Waals surface area contributed by atoms with Crippen LogP contribution in [-0.4, -0.2) is 62.6 Å². The van der Waals surface area contributed by atoms with Crippen molar-refractivity contribution in [3.05, 3.63) is 29.6 Å². The van der Waals surface area contributed by atoms with Crippen LogP contribution in [0.2, 0.25) is 0 Å². The van der Waals surface area contributed by atoms with E-state index >= 15 is 0 Å². The summed E-state index contributed by atoms with van der Waals surface area (Å²) in [6.07, 6.45) is 0. The molecule has 21 heavy (non-hydrogen) atoms. The molecule has 1 aliphatic rings. The predicted octanol–water partition coefficient (Wildman–Crippen LogP) is 0.696. The Morgan fingerprint density at radius 1 is 1.52 bits per heavy atom. The van der Waals surface area contributed by atoms with Gasteiger partial charge >= 0.3 is 0 Å². The Kier molecular flexibility index (Phi) is 5.14. The third kappa shape index (κ3) is 3.51. The van der Waals surface area contributed by atoms with Crippen molar-refractivity contribution >= 4 is 5.91 Å². The maximum Gasteiger partial charge on any atom is 0.240 e. The molecule has 1 aromatic rings. The van der Waals surface area contributed by atoms with Crippen LogP contribution in [0, 0.1) is 5.82 Å². The Morgan fingerprint density at radius 2 is 2.29 bits per heavy atom. The second-order valence-corrected chi connectivity index (χ2v) is 5.36. The Bertz CT molecular complexity index is 508.